The second kappa shape index (κ2) is 10.0. The smallest absolute Gasteiger partial charge is 0.244 e. The molecule has 0 saturated carbocycles. The molecule has 0 atom stereocenters. The molecule has 0 aliphatic carbocycles. The highest BCUT2D eigenvalue weighted by Gasteiger charge is 2.09. The lowest BCUT2D eigenvalue weighted by atomic mass is 10.1. The van der Waals surface area contributed by atoms with E-state index >= 15 is 0 Å². The van der Waals surface area contributed by atoms with Crippen molar-refractivity contribution >= 4 is 46.2 Å². The summed E-state index contributed by atoms with van der Waals surface area (Å²) >= 11 is 12.2. The fraction of sp³-hybridized carbons (Fsp3) is 0.154. The van der Waals surface area contributed by atoms with Crippen molar-refractivity contribution in [1.82, 2.24) is 9.99 Å². The topological polar surface area (TPSA) is 46.4 Å². The molecule has 0 aliphatic rings. The van der Waals surface area contributed by atoms with Crippen LogP contribution in [0.1, 0.15) is 29.2 Å². The molecular formula is C26H23Cl2N3O. The molecule has 32 heavy (non-hydrogen) atoms. The van der Waals surface area contributed by atoms with Crippen LogP contribution in [0.3, 0.4) is 0 Å². The minimum atomic E-state index is -0.148. The molecule has 1 amide bonds. The second-order valence-electron chi connectivity index (χ2n) is 7.62. The van der Waals surface area contributed by atoms with Crippen LogP contribution in [-0.2, 0) is 24.2 Å². The van der Waals surface area contributed by atoms with E-state index in [1.807, 2.05) is 48.7 Å². The Morgan fingerprint density at radius 1 is 0.969 bits per heavy atom. The molecule has 1 heterocycles. The van der Waals surface area contributed by atoms with Crippen molar-refractivity contribution in [2.75, 3.05) is 0 Å². The van der Waals surface area contributed by atoms with Gasteiger partial charge in [-0.2, -0.15) is 5.10 Å². The Morgan fingerprint density at radius 2 is 1.69 bits per heavy atom. The first-order chi connectivity index (χ1) is 15.5. The van der Waals surface area contributed by atoms with Gasteiger partial charge in [-0.25, -0.2) is 5.43 Å². The fourth-order valence-electron chi connectivity index (χ4n) is 3.64. The van der Waals surface area contributed by atoms with Crippen molar-refractivity contribution in [3.8, 4) is 0 Å². The number of aromatic nitrogens is 1. The highest BCUT2D eigenvalue weighted by Crippen LogP contribution is 2.25. The molecule has 0 saturated heterocycles. The summed E-state index contributed by atoms with van der Waals surface area (Å²) < 4.78 is 2.13. The molecule has 4 rings (SSSR count). The lowest BCUT2D eigenvalue weighted by molar-refractivity contribution is -0.120. The van der Waals surface area contributed by atoms with Crippen LogP contribution in [0.15, 0.2) is 78.0 Å². The molecule has 1 aromatic heterocycles. The van der Waals surface area contributed by atoms with E-state index in [0.717, 1.165) is 34.0 Å². The molecule has 6 heteroatoms. The lowest BCUT2D eigenvalue weighted by Crippen LogP contribution is -2.19. The van der Waals surface area contributed by atoms with Crippen molar-refractivity contribution in [1.29, 1.82) is 0 Å². The van der Waals surface area contributed by atoms with Crippen molar-refractivity contribution in [2.45, 2.75) is 26.3 Å². The number of hydrogen-bond donors (Lipinski definition) is 1. The average Bonchev–Trinajstić information content (AvgIpc) is 3.14. The number of aryl methyl sites for hydroxylation is 1. The van der Waals surface area contributed by atoms with Gasteiger partial charge in [0, 0.05) is 29.2 Å². The van der Waals surface area contributed by atoms with Crippen molar-refractivity contribution in [2.24, 2.45) is 5.10 Å². The summed E-state index contributed by atoms with van der Waals surface area (Å²) in [6.45, 7) is 2.75. The third-order valence-electron chi connectivity index (χ3n) is 5.35. The SMILES string of the molecule is CCc1ccc(CC(=O)N/N=C\c2cn(Cc3ccc(Cl)c(Cl)c3)c3ccccc23)cc1. The van der Waals surface area contributed by atoms with Gasteiger partial charge in [0.1, 0.15) is 0 Å². The molecule has 0 radical (unpaired) electrons. The number of carbonyl (C=O) groups excluding carboxylic acids is 1. The van der Waals surface area contributed by atoms with Gasteiger partial charge >= 0.3 is 0 Å². The molecule has 0 fully saturated rings. The van der Waals surface area contributed by atoms with Gasteiger partial charge in [0.2, 0.25) is 5.91 Å². The van der Waals surface area contributed by atoms with E-state index < -0.39 is 0 Å². The third-order valence-corrected chi connectivity index (χ3v) is 6.08. The summed E-state index contributed by atoms with van der Waals surface area (Å²) in [6, 6.07) is 21.8. The summed E-state index contributed by atoms with van der Waals surface area (Å²) in [5.74, 6) is -0.148. The van der Waals surface area contributed by atoms with E-state index in [0.29, 0.717) is 23.0 Å². The highest BCUT2D eigenvalue weighted by molar-refractivity contribution is 6.42. The summed E-state index contributed by atoms with van der Waals surface area (Å²) in [4.78, 5) is 12.3. The zero-order valence-electron chi connectivity index (χ0n) is 17.7. The Balaban J connectivity index is 1.48. The predicted octanol–water partition coefficient (Wildman–Crippen LogP) is 6.25. The predicted molar refractivity (Wildman–Crippen MR) is 133 cm³/mol. The average molecular weight is 464 g/mol. The van der Waals surface area contributed by atoms with Crippen LogP contribution < -0.4 is 5.43 Å². The van der Waals surface area contributed by atoms with Gasteiger partial charge in [0.15, 0.2) is 0 Å². The maximum atomic E-state index is 12.3. The summed E-state index contributed by atoms with van der Waals surface area (Å²) in [5.41, 5.74) is 7.90. The van der Waals surface area contributed by atoms with Crippen LogP contribution in [-0.4, -0.2) is 16.7 Å². The van der Waals surface area contributed by atoms with E-state index in [1.54, 1.807) is 12.3 Å². The van der Waals surface area contributed by atoms with Crippen LogP contribution >= 0.6 is 23.2 Å². The molecule has 0 unspecified atom stereocenters. The minimum absolute atomic E-state index is 0.148. The number of rotatable bonds is 7. The monoisotopic (exact) mass is 463 g/mol. The van der Waals surface area contributed by atoms with Crippen LogP contribution in [0, 0.1) is 0 Å². The Hall–Kier alpha value is -3.08. The van der Waals surface area contributed by atoms with Crippen LogP contribution in [0.4, 0.5) is 0 Å². The zero-order chi connectivity index (χ0) is 22.5. The molecule has 4 nitrogen and oxygen atoms in total. The fourth-order valence-corrected chi connectivity index (χ4v) is 3.96. The molecule has 3 aromatic carbocycles. The quantitative estimate of drug-likeness (QED) is 0.255. The highest BCUT2D eigenvalue weighted by atomic mass is 35.5. The number of benzene rings is 3. The summed E-state index contributed by atoms with van der Waals surface area (Å²) in [5, 5.41) is 6.32. The van der Waals surface area contributed by atoms with Gasteiger partial charge in [-0.1, -0.05) is 78.7 Å². The number of nitrogens with one attached hydrogen (secondary N) is 1. The Labute approximate surface area is 197 Å². The molecule has 162 valence electrons. The second-order valence-corrected chi connectivity index (χ2v) is 8.43. The first kappa shape index (κ1) is 22.1. The van der Waals surface area contributed by atoms with Gasteiger partial charge in [0.05, 0.1) is 22.7 Å². The van der Waals surface area contributed by atoms with Gasteiger partial charge < -0.3 is 4.57 Å². The maximum absolute atomic E-state index is 12.3. The maximum Gasteiger partial charge on any atom is 0.244 e. The van der Waals surface area contributed by atoms with E-state index in [2.05, 4.69) is 40.2 Å². The Morgan fingerprint density at radius 3 is 2.44 bits per heavy atom. The molecule has 4 aromatic rings. The van der Waals surface area contributed by atoms with E-state index in [4.69, 9.17) is 23.2 Å². The van der Waals surface area contributed by atoms with E-state index in [-0.39, 0.29) is 5.91 Å². The van der Waals surface area contributed by atoms with Crippen molar-refractivity contribution in [3.05, 3.63) is 105 Å². The zero-order valence-corrected chi connectivity index (χ0v) is 19.2. The summed E-state index contributed by atoms with van der Waals surface area (Å²) in [7, 11) is 0. The lowest BCUT2D eigenvalue weighted by Gasteiger charge is -2.06. The Bertz CT molecular complexity index is 1280. The number of carbonyl (C=O) groups is 1. The Kier molecular flexibility index (Phi) is 6.93. The van der Waals surface area contributed by atoms with Crippen LogP contribution in [0.5, 0.6) is 0 Å². The molecular weight excluding hydrogens is 441 g/mol. The molecule has 0 aliphatic heterocycles. The third kappa shape index (κ3) is 5.21. The number of fused-ring (bicyclic) bond motifs is 1. The normalized spacial score (nSPS) is 11.3. The van der Waals surface area contributed by atoms with Gasteiger partial charge in [-0.15, -0.1) is 0 Å². The minimum Gasteiger partial charge on any atom is -0.342 e. The molecule has 0 spiro atoms. The van der Waals surface area contributed by atoms with Gasteiger partial charge in [-0.3, -0.25) is 4.79 Å². The first-order valence-electron chi connectivity index (χ1n) is 10.4. The van der Waals surface area contributed by atoms with E-state index in [9.17, 15) is 4.79 Å². The molecule has 1 N–H and O–H groups in total. The number of hydrogen-bond acceptors (Lipinski definition) is 2. The van der Waals surface area contributed by atoms with Crippen LogP contribution in [0.2, 0.25) is 10.0 Å². The van der Waals surface area contributed by atoms with Gasteiger partial charge in [-0.05, 0) is 41.3 Å². The number of nitrogens with zero attached hydrogens (tertiary/aromatic N) is 2. The number of halogens is 2. The van der Waals surface area contributed by atoms with E-state index in [1.165, 1.54) is 5.56 Å². The van der Waals surface area contributed by atoms with Gasteiger partial charge in [0.25, 0.3) is 0 Å². The molecule has 0 bridgehead atoms. The summed E-state index contributed by atoms with van der Waals surface area (Å²) in [6.07, 6.45) is 4.98. The number of hydrazone groups is 1. The first-order valence-corrected chi connectivity index (χ1v) is 11.2. The van der Waals surface area contributed by atoms with Crippen molar-refractivity contribution in [3.63, 3.8) is 0 Å². The number of amides is 1. The largest absolute Gasteiger partial charge is 0.342 e. The van der Waals surface area contributed by atoms with Crippen molar-refractivity contribution < 1.29 is 4.79 Å². The van der Waals surface area contributed by atoms with Crippen LogP contribution in [0.25, 0.3) is 10.9 Å². The standard InChI is InChI=1S/C26H23Cl2N3O/c1-2-18-7-9-19(10-8-18)14-26(32)30-29-15-21-17-31(25-6-4-3-5-22(21)25)16-20-11-12-23(27)24(28)13-20/h3-13,15,17H,2,14,16H2,1H3,(H,30,32)/b29-15-. The number of para-hydroxylation sites is 1.